The number of anilines is 1. The van der Waals surface area contributed by atoms with E-state index in [1.54, 1.807) is 41.5 Å². The van der Waals surface area contributed by atoms with Crippen molar-refractivity contribution in [1.82, 2.24) is 9.88 Å². The van der Waals surface area contributed by atoms with Crippen LogP contribution < -0.4 is 10.2 Å². The third-order valence-corrected chi connectivity index (χ3v) is 6.67. The van der Waals surface area contributed by atoms with Crippen molar-refractivity contribution in [2.24, 2.45) is 0 Å². The molecule has 30 heavy (non-hydrogen) atoms. The zero-order chi connectivity index (χ0) is 20.9. The maximum atomic E-state index is 13.6. The van der Waals surface area contributed by atoms with Gasteiger partial charge in [-0.1, -0.05) is 30.9 Å². The topological polar surface area (TPSA) is 67.5 Å². The predicted octanol–water partition coefficient (Wildman–Crippen LogP) is 4.76. The Labute approximate surface area is 179 Å². The molecule has 0 unspecified atom stereocenters. The van der Waals surface area contributed by atoms with Crippen LogP contribution in [0.25, 0.3) is 11.1 Å². The summed E-state index contributed by atoms with van der Waals surface area (Å²) in [6, 6.07) is 10.8. The van der Waals surface area contributed by atoms with Crippen LogP contribution in [0.5, 0.6) is 0 Å². The van der Waals surface area contributed by atoms with Crippen molar-refractivity contribution in [3.8, 4) is 0 Å². The van der Waals surface area contributed by atoms with Crippen LogP contribution in [0, 0.1) is 0 Å². The van der Waals surface area contributed by atoms with Crippen LogP contribution >= 0.6 is 11.6 Å². The highest BCUT2D eigenvalue weighted by Crippen LogP contribution is 2.36. The number of nitrogens with zero attached hydrogens (tertiary/aromatic N) is 2. The number of hydrogen-bond acceptors (Lipinski definition) is 3. The summed E-state index contributed by atoms with van der Waals surface area (Å²) in [7, 11) is 0. The average molecular weight is 426 g/mol. The largest absolute Gasteiger partial charge is 0.463 e. The number of carbonyl (C=O) groups is 2. The highest BCUT2D eigenvalue weighted by Gasteiger charge is 2.49. The standard InChI is InChI=1S/C23H24ClN3O3/c1-23(22(29)25-16-5-3-2-4-6-16)14-26-18-11-12-30-20(18)13-19(26)21(28)27(23)17-9-7-15(24)8-10-17/h7-13,16H,2-6,14H2,1H3,(H,25,29)/t23-/m1/s1. The number of aromatic nitrogens is 1. The second-order valence-electron chi connectivity index (χ2n) is 8.49. The fraction of sp³-hybridized carbons (Fsp3) is 0.391. The summed E-state index contributed by atoms with van der Waals surface area (Å²) < 4.78 is 7.41. The Bertz CT molecular complexity index is 1110. The molecule has 156 valence electrons. The van der Waals surface area contributed by atoms with Crippen molar-refractivity contribution in [3.05, 3.63) is 53.4 Å². The Morgan fingerprint density at radius 2 is 1.90 bits per heavy atom. The van der Waals surface area contributed by atoms with Gasteiger partial charge in [-0.3, -0.25) is 14.5 Å². The molecular formula is C23H24ClN3O3. The van der Waals surface area contributed by atoms with Crippen LogP contribution in [0.1, 0.15) is 49.5 Å². The Morgan fingerprint density at radius 1 is 1.17 bits per heavy atom. The van der Waals surface area contributed by atoms with E-state index in [2.05, 4.69) is 5.32 Å². The molecule has 1 aliphatic heterocycles. The van der Waals surface area contributed by atoms with Crippen molar-refractivity contribution in [1.29, 1.82) is 0 Å². The molecule has 3 heterocycles. The summed E-state index contributed by atoms with van der Waals surface area (Å²) >= 11 is 6.07. The third-order valence-electron chi connectivity index (χ3n) is 6.42. The lowest BCUT2D eigenvalue weighted by atomic mass is 9.91. The molecule has 0 spiro atoms. The molecule has 1 atom stereocenters. The summed E-state index contributed by atoms with van der Waals surface area (Å²) in [6.07, 6.45) is 7.03. The van der Waals surface area contributed by atoms with Crippen LogP contribution in [0.4, 0.5) is 5.69 Å². The van der Waals surface area contributed by atoms with E-state index < -0.39 is 5.54 Å². The molecule has 1 N–H and O–H groups in total. The first-order valence-electron chi connectivity index (χ1n) is 10.5. The molecule has 5 rings (SSSR count). The first kappa shape index (κ1) is 19.2. The van der Waals surface area contributed by atoms with Crippen LogP contribution in [0.15, 0.2) is 47.1 Å². The van der Waals surface area contributed by atoms with Gasteiger partial charge in [-0.15, -0.1) is 0 Å². The lowest BCUT2D eigenvalue weighted by Crippen LogP contribution is -2.65. The van der Waals surface area contributed by atoms with Crippen LogP contribution in [-0.4, -0.2) is 28.0 Å². The molecule has 2 amide bonds. The molecule has 0 saturated heterocycles. The predicted molar refractivity (Wildman–Crippen MR) is 116 cm³/mol. The first-order chi connectivity index (χ1) is 14.5. The quantitative estimate of drug-likeness (QED) is 0.658. The Kier molecular flexibility index (Phi) is 4.62. The third kappa shape index (κ3) is 3.01. The van der Waals surface area contributed by atoms with Gasteiger partial charge in [0.2, 0.25) is 5.91 Å². The van der Waals surface area contributed by atoms with Gasteiger partial charge >= 0.3 is 0 Å². The smallest absolute Gasteiger partial charge is 0.276 e. The number of carbonyl (C=O) groups excluding carboxylic acids is 2. The fourth-order valence-electron chi connectivity index (χ4n) is 4.80. The van der Waals surface area contributed by atoms with E-state index >= 15 is 0 Å². The Balaban J connectivity index is 1.59. The fourth-order valence-corrected chi connectivity index (χ4v) is 4.92. The van der Waals surface area contributed by atoms with Gasteiger partial charge in [0.15, 0.2) is 5.58 Å². The van der Waals surface area contributed by atoms with E-state index in [9.17, 15) is 9.59 Å². The summed E-state index contributed by atoms with van der Waals surface area (Å²) in [5.74, 6) is -0.357. The first-order valence-corrected chi connectivity index (χ1v) is 10.8. The molecule has 0 radical (unpaired) electrons. The highest BCUT2D eigenvalue weighted by molar-refractivity contribution is 6.30. The van der Waals surface area contributed by atoms with Gasteiger partial charge in [-0.05, 0) is 44.0 Å². The van der Waals surface area contributed by atoms with Gasteiger partial charge in [0, 0.05) is 28.9 Å². The molecular weight excluding hydrogens is 402 g/mol. The minimum absolute atomic E-state index is 0.131. The van der Waals surface area contributed by atoms with Gasteiger partial charge in [0.05, 0.1) is 18.3 Å². The monoisotopic (exact) mass is 425 g/mol. The number of hydrogen-bond donors (Lipinski definition) is 1. The summed E-state index contributed by atoms with van der Waals surface area (Å²) in [5.41, 5.74) is 1.55. The number of furan rings is 1. The molecule has 3 aromatic rings. The van der Waals surface area contributed by atoms with Gasteiger partial charge in [-0.2, -0.15) is 0 Å². The van der Waals surface area contributed by atoms with Crippen LogP contribution in [0.2, 0.25) is 5.02 Å². The number of amides is 2. The van der Waals surface area contributed by atoms with E-state index in [1.807, 2.05) is 17.6 Å². The van der Waals surface area contributed by atoms with Crippen molar-refractivity contribution in [3.63, 3.8) is 0 Å². The molecule has 1 saturated carbocycles. The van der Waals surface area contributed by atoms with E-state index in [1.165, 1.54) is 6.42 Å². The molecule has 1 aliphatic carbocycles. The summed E-state index contributed by atoms with van der Waals surface area (Å²) in [5, 5.41) is 3.81. The normalized spacial score (nSPS) is 22.3. The van der Waals surface area contributed by atoms with Gasteiger partial charge in [-0.25, -0.2) is 0 Å². The number of halogens is 1. The number of rotatable bonds is 3. The van der Waals surface area contributed by atoms with Crippen LogP contribution in [-0.2, 0) is 11.3 Å². The minimum Gasteiger partial charge on any atom is -0.463 e. The molecule has 1 aromatic carbocycles. The molecule has 2 aromatic heterocycles. The maximum Gasteiger partial charge on any atom is 0.276 e. The molecule has 2 aliphatic rings. The lowest BCUT2D eigenvalue weighted by molar-refractivity contribution is -0.127. The van der Waals surface area contributed by atoms with Gasteiger partial charge < -0.3 is 14.3 Å². The summed E-state index contributed by atoms with van der Waals surface area (Å²) in [4.78, 5) is 28.9. The molecule has 0 bridgehead atoms. The van der Waals surface area contributed by atoms with Crippen molar-refractivity contribution in [2.75, 3.05) is 4.90 Å². The Morgan fingerprint density at radius 3 is 2.63 bits per heavy atom. The van der Waals surface area contributed by atoms with Gasteiger partial charge in [0.25, 0.3) is 5.91 Å². The van der Waals surface area contributed by atoms with Crippen molar-refractivity contribution in [2.45, 2.75) is 57.2 Å². The van der Waals surface area contributed by atoms with Gasteiger partial charge in [0.1, 0.15) is 11.2 Å². The molecule has 7 heteroatoms. The van der Waals surface area contributed by atoms with E-state index in [-0.39, 0.29) is 17.9 Å². The van der Waals surface area contributed by atoms with E-state index in [4.69, 9.17) is 16.0 Å². The zero-order valence-corrected chi connectivity index (χ0v) is 17.6. The van der Waals surface area contributed by atoms with Crippen molar-refractivity contribution < 1.29 is 14.0 Å². The van der Waals surface area contributed by atoms with E-state index in [0.29, 0.717) is 28.5 Å². The van der Waals surface area contributed by atoms with Crippen LogP contribution in [0.3, 0.4) is 0 Å². The second-order valence-corrected chi connectivity index (χ2v) is 8.92. The van der Waals surface area contributed by atoms with E-state index in [0.717, 1.165) is 31.2 Å². The average Bonchev–Trinajstić information content (AvgIpc) is 3.33. The zero-order valence-electron chi connectivity index (χ0n) is 16.9. The highest BCUT2D eigenvalue weighted by atomic mass is 35.5. The second kappa shape index (κ2) is 7.20. The number of benzene rings is 1. The number of nitrogens with one attached hydrogen (secondary N) is 1. The molecule has 6 nitrogen and oxygen atoms in total. The molecule has 1 fully saturated rings. The minimum atomic E-state index is -1.08. The number of fused-ring (bicyclic) bond motifs is 3. The lowest BCUT2D eigenvalue weighted by Gasteiger charge is -2.44. The maximum absolute atomic E-state index is 13.6. The Hall–Kier alpha value is -2.73. The SMILES string of the molecule is C[C@]1(C(=O)NC2CCCCC2)Cn2c(cc3occc32)C(=O)N1c1ccc(Cl)cc1. The summed E-state index contributed by atoms with van der Waals surface area (Å²) in [6.45, 7) is 2.19. The van der Waals surface area contributed by atoms with Crippen molar-refractivity contribution >= 4 is 40.2 Å².